The fraction of sp³-hybridized carbons (Fsp3) is 0.348. The van der Waals surface area contributed by atoms with Gasteiger partial charge in [0.05, 0.1) is 26.7 Å². The third-order valence-electron chi connectivity index (χ3n) is 10.7. The Morgan fingerprint density at radius 2 is 0.556 bits per heavy atom. The predicted molar refractivity (Wildman–Crippen MR) is 219 cm³/mol. The van der Waals surface area contributed by atoms with Crippen molar-refractivity contribution in [2.75, 3.05) is 26.7 Å². The van der Waals surface area contributed by atoms with E-state index >= 15 is 0 Å². The third kappa shape index (κ3) is 8.95. The lowest BCUT2D eigenvalue weighted by Gasteiger charge is -2.47. The van der Waals surface area contributed by atoms with Gasteiger partial charge in [-0.2, -0.15) is 0 Å². The first-order chi connectivity index (χ1) is 25.8. The van der Waals surface area contributed by atoms with E-state index in [-0.39, 0.29) is 23.1 Å². The van der Waals surface area contributed by atoms with Crippen LogP contribution in [0.15, 0.2) is 97.1 Å². The van der Waals surface area contributed by atoms with Crippen molar-refractivity contribution in [1.29, 1.82) is 0 Å². The van der Waals surface area contributed by atoms with Crippen LogP contribution in [0.4, 0.5) is 9.59 Å². The molecule has 4 amide bonds. The summed E-state index contributed by atoms with van der Waals surface area (Å²) in [6, 6.07) is 34.0. The summed E-state index contributed by atoms with van der Waals surface area (Å²) in [6.45, 7) is 17.8. The molecule has 8 heteroatoms. The predicted octanol–water partition coefficient (Wildman–Crippen LogP) is 9.25. The lowest BCUT2D eigenvalue weighted by atomic mass is 10.1. The summed E-state index contributed by atoms with van der Waals surface area (Å²) in [7, 11) is 0. The zero-order chi connectivity index (χ0) is 38.0. The van der Waals surface area contributed by atoms with Crippen molar-refractivity contribution in [2.24, 2.45) is 0 Å². The summed E-state index contributed by atoms with van der Waals surface area (Å²) in [6.07, 6.45) is 8.48. The van der Waals surface area contributed by atoms with Crippen LogP contribution in [0, 0.1) is 0 Å². The number of hydrogen-bond acceptors (Lipinski definition) is 4. The second-order valence-corrected chi connectivity index (χ2v) is 17.0. The molecule has 9 aliphatic heterocycles. The van der Waals surface area contributed by atoms with E-state index < -0.39 is 0 Å². The van der Waals surface area contributed by atoms with Gasteiger partial charge in [-0.25, -0.2) is 9.59 Å². The van der Waals surface area contributed by atoms with Gasteiger partial charge in [0, 0.05) is 37.3 Å². The van der Waals surface area contributed by atoms with Crippen LogP contribution in [0.1, 0.15) is 86.1 Å². The molecular formula is C46H54N6O2. The van der Waals surface area contributed by atoms with Gasteiger partial charge in [0.1, 0.15) is 0 Å². The molecule has 0 saturated carbocycles. The molecule has 0 N–H and O–H groups in total. The van der Waals surface area contributed by atoms with E-state index in [9.17, 15) is 9.59 Å². The third-order valence-corrected chi connectivity index (χ3v) is 10.7. The lowest BCUT2D eigenvalue weighted by molar-refractivity contribution is -0.0206. The topological polar surface area (TPSA) is 53.6 Å². The highest BCUT2D eigenvalue weighted by Gasteiger charge is 2.36. The van der Waals surface area contributed by atoms with Crippen LogP contribution < -0.4 is 0 Å². The summed E-state index contributed by atoms with van der Waals surface area (Å²) >= 11 is 0. The molecule has 12 bridgehead atoms. The largest absolute Gasteiger partial charge is 0.322 e. The minimum atomic E-state index is -0.0903. The molecule has 2 saturated heterocycles. The van der Waals surface area contributed by atoms with Crippen molar-refractivity contribution >= 4 is 36.4 Å². The van der Waals surface area contributed by atoms with E-state index in [1.54, 1.807) is 0 Å². The SMILES string of the molecule is CC(C)(C)N1CN2Cc3ccc(cc3)/C=C\c3ccc(cc3)CN3CN(C(C)(C)C)CN(Cc4ccc(cc4)/C=C\c4ccc(cc4)CN(C1)C2=O)C3=O. The molecule has 4 aromatic rings. The summed E-state index contributed by atoms with van der Waals surface area (Å²) in [4.78, 5) is 40.3. The normalized spacial score (nSPS) is 19.1. The molecule has 9 aliphatic rings. The van der Waals surface area contributed by atoms with Gasteiger partial charge < -0.3 is 19.6 Å². The van der Waals surface area contributed by atoms with Crippen LogP contribution in [0.25, 0.3) is 24.3 Å². The van der Waals surface area contributed by atoms with Gasteiger partial charge in [-0.15, -0.1) is 0 Å². The van der Waals surface area contributed by atoms with Crippen molar-refractivity contribution in [3.05, 3.63) is 142 Å². The molecule has 0 spiro atoms. The second-order valence-electron chi connectivity index (χ2n) is 17.0. The van der Waals surface area contributed by atoms with E-state index in [2.05, 4.69) is 173 Å². The molecule has 0 unspecified atom stereocenters. The first-order valence-corrected chi connectivity index (χ1v) is 19.1. The molecule has 4 aromatic carbocycles. The van der Waals surface area contributed by atoms with Crippen molar-refractivity contribution in [2.45, 2.75) is 78.8 Å². The van der Waals surface area contributed by atoms with Gasteiger partial charge in [0.2, 0.25) is 0 Å². The lowest BCUT2D eigenvalue weighted by Crippen LogP contribution is -2.61. The number of nitrogens with zero attached hydrogens (tertiary/aromatic N) is 6. The zero-order valence-electron chi connectivity index (χ0n) is 32.7. The van der Waals surface area contributed by atoms with Crippen LogP contribution in [0.3, 0.4) is 0 Å². The Morgan fingerprint density at radius 1 is 0.352 bits per heavy atom. The molecule has 0 radical (unpaired) electrons. The minimum Gasteiger partial charge on any atom is -0.307 e. The highest BCUT2D eigenvalue weighted by atomic mass is 16.2. The Hall–Kier alpha value is -5.18. The zero-order valence-corrected chi connectivity index (χ0v) is 32.7. The first kappa shape index (κ1) is 37.1. The fourth-order valence-electron chi connectivity index (χ4n) is 7.08. The van der Waals surface area contributed by atoms with Crippen LogP contribution in [-0.4, -0.2) is 79.2 Å². The van der Waals surface area contributed by atoms with Gasteiger partial charge in [0.25, 0.3) is 0 Å². The maximum absolute atomic E-state index is 13.9. The van der Waals surface area contributed by atoms with E-state index in [0.717, 1.165) is 44.5 Å². The van der Waals surface area contributed by atoms with Gasteiger partial charge in [-0.05, 0) is 86.1 Å². The van der Waals surface area contributed by atoms with Gasteiger partial charge >= 0.3 is 12.1 Å². The number of urea groups is 2. The van der Waals surface area contributed by atoms with Crippen molar-refractivity contribution in [3.63, 3.8) is 0 Å². The molecule has 13 rings (SSSR count). The molecule has 0 aromatic heterocycles. The van der Waals surface area contributed by atoms with Crippen LogP contribution in [0.5, 0.6) is 0 Å². The standard InChI is InChI=1S/C46H54N6O2/c1-45(2,3)51-31-47-27-39-19-11-35(12-20-39)7-9-37-15-23-41(24-16-37)29-49-33-52(46(4,5)6)34-50(44(49)54)30-42-25-17-38(18-26-42)10-8-36-13-21-40(22-14-36)28-48(32-51)43(47)53/h7-26H,27-34H2,1-6H3/b9-7-,10-8-. The minimum absolute atomic E-state index is 0.0584. The monoisotopic (exact) mass is 722 g/mol. The number of benzene rings is 4. The molecule has 54 heavy (non-hydrogen) atoms. The molecule has 2 fully saturated rings. The number of carbonyl (C=O) groups is 2. The smallest absolute Gasteiger partial charge is 0.307 e. The van der Waals surface area contributed by atoms with Crippen molar-refractivity contribution in [1.82, 2.24) is 29.4 Å². The van der Waals surface area contributed by atoms with E-state index in [4.69, 9.17) is 0 Å². The summed E-state index contributed by atoms with van der Waals surface area (Å²) < 4.78 is 0. The van der Waals surface area contributed by atoms with Gasteiger partial charge in [-0.3, -0.25) is 9.80 Å². The Kier molecular flexibility index (Phi) is 10.5. The maximum Gasteiger partial charge on any atom is 0.322 e. The van der Waals surface area contributed by atoms with Gasteiger partial charge in [-0.1, -0.05) is 121 Å². The molecule has 9 heterocycles. The molecule has 0 aliphatic carbocycles. The average Bonchev–Trinajstić information content (AvgIpc) is 3.14. The Bertz CT molecular complexity index is 1710. The molecule has 0 atom stereocenters. The quantitative estimate of drug-likeness (QED) is 0.182. The Labute approximate surface area is 321 Å². The summed E-state index contributed by atoms with van der Waals surface area (Å²) in [5.41, 5.74) is 8.60. The van der Waals surface area contributed by atoms with Crippen LogP contribution in [0.2, 0.25) is 0 Å². The average molecular weight is 723 g/mol. The van der Waals surface area contributed by atoms with E-state index in [1.165, 1.54) is 0 Å². The fourth-order valence-corrected chi connectivity index (χ4v) is 7.08. The Balaban J connectivity index is 1.17. The number of carbonyl (C=O) groups excluding carboxylic acids is 2. The number of rotatable bonds is 0. The highest BCUT2D eigenvalue weighted by Crippen LogP contribution is 2.26. The summed E-state index contributed by atoms with van der Waals surface area (Å²) in [5, 5.41) is 0. The second kappa shape index (κ2) is 15.3. The van der Waals surface area contributed by atoms with Crippen molar-refractivity contribution in [3.8, 4) is 0 Å². The number of hydrogen-bond donors (Lipinski definition) is 0. The molecule has 8 nitrogen and oxygen atoms in total. The summed E-state index contributed by atoms with van der Waals surface area (Å²) in [5.74, 6) is 0. The molecular weight excluding hydrogens is 669 g/mol. The van der Waals surface area contributed by atoms with Crippen LogP contribution in [-0.2, 0) is 26.2 Å². The van der Waals surface area contributed by atoms with Gasteiger partial charge in [0.15, 0.2) is 0 Å². The maximum atomic E-state index is 13.9. The molecule has 280 valence electrons. The number of amides is 4. The van der Waals surface area contributed by atoms with E-state index in [1.807, 2.05) is 19.6 Å². The van der Waals surface area contributed by atoms with Crippen LogP contribution >= 0.6 is 0 Å². The van der Waals surface area contributed by atoms with E-state index in [0.29, 0.717) is 52.9 Å². The Morgan fingerprint density at radius 3 is 0.741 bits per heavy atom. The first-order valence-electron chi connectivity index (χ1n) is 19.1. The highest BCUT2D eigenvalue weighted by molar-refractivity contribution is 5.76. The van der Waals surface area contributed by atoms with Crippen molar-refractivity contribution < 1.29 is 9.59 Å².